The fraction of sp³-hybridized carbons (Fsp3) is 0.308. The van der Waals surface area contributed by atoms with Crippen LogP contribution in [0.25, 0.3) is 0 Å². The predicted octanol–water partition coefficient (Wildman–Crippen LogP) is 1.16. The van der Waals surface area contributed by atoms with Gasteiger partial charge in [0, 0.05) is 13.5 Å². The predicted molar refractivity (Wildman–Crippen MR) is 86.1 cm³/mol. The van der Waals surface area contributed by atoms with Gasteiger partial charge in [0.05, 0.1) is 0 Å². The normalized spacial score (nSPS) is 11.2. The number of benzene rings is 1. The second kappa shape index (κ2) is 7.49. The van der Waals surface area contributed by atoms with Crippen molar-refractivity contribution in [2.45, 2.75) is 18.2 Å². The highest BCUT2D eigenvalue weighted by Gasteiger charge is 2.20. The number of rotatable bonds is 7. The van der Waals surface area contributed by atoms with Crippen molar-refractivity contribution in [2.75, 3.05) is 18.5 Å². The van der Waals surface area contributed by atoms with Crippen molar-refractivity contribution in [3.05, 3.63) is 29.8 Å². The number of ether oxygens (including phenoxy) is 1. The molecule has 0 radical (unpaired) electrons. The van der Waals surface area contributed by atoms with E-state index in [0.29, 0.717) is 5.75 Å². The van der Waals surface area contributed by atoms with Gasteiger partial charge in [-0.2, -0.15) is 0 Å². The number of nitrogens with one attached hydrogen (secondary N) is 2. The summed E-state index contributed by atoms with van der Waals surface area (Å²) < 4.78 is 31.7. The standard InChI is InChI=1S/C13H16N4O4S2/c1-9-5-3-4-6-11(9)21-8-7-14-23(19,20)13-17-16-12(22-13)15-10(2)18/h3-6,14H,7-8H2,1-2H3,(H,15,16,18). The minimum atomic E-state index is -3.78. The van der Waals surface area contributed by atoms with Crippen LogP contribution in [0.15, 0.2) is 28.6 Å². The Balaban J connectivity index is 1.88. The van der Waals surface area contributed by atoms with Crippen LogP contribution in [0.1, 0.15) is 12.5 Å². The number of carbonyl (C=O) groups excluding carboxylic acids is 1. The van der Waals surface area contributed by atoms with E-state index in [1.54, 1.807) is 0 Å². The Kier molecular flexibility index (Phi) is 5.64. The minimum Gasteiger partial charge on any atom is -0.492 e. The molecule has 0 saturated carbocycles. The molecule has 1 aromatic heterocycles. The lowest BCUT2D eigenvalue weighted by atomic mass is 10.2. The van der Waals surface area contributed by atoms with E-state index in [4.69, 9.17) is 4.74 Å². The molecule has 0 aliphatic rings. The molecule has 0 atom stereocenters. The van der Waals surface area contributed by atoms with Crippen molar-refractivity contribution in [3.8, 4) is 5.75 Å². The van der Waals surface area contributed by atoms with Crippen molar-refractivity contribution in [3.63, 3.8) is 0 Å². The summed E-state index contributed by atoms with van der Waals surface area (Å²) >= 11 is 0.780. The number of amides is 1. The molecule has 0 unspecified atom stereocenters. The maximum Gasteiger partial charge on any atom is 0.269 e. The van der Waals surface area contributed by atoms with E-state index in [-0.39, 0.29) is 28.5 Å². The number of nitrogens with zero attached hydrogens (tertiary/aromatic N) is 2. The van der Waals surface area contributed by atoms with Crippen LogP contribution < -0.4 is 14.8 Å². The molecule has 0 saturated heterocycles. The van der Waals surface area contributed by atoms with Gasteiger partial charge in [-0.05, 0) is 18.6 Å². The lowest BCUT2D eigenvalue weighted by molar-refractivity contribution is -0.114. The number of carbonyl (C=O) groups is 1. The number of aromatic nitrogens is 2. The number of aryl methyl sites for hydroxylation is 1. The van der Waals surface area contributed by atoms with E-state index in [9.17, 15) is 13.2 Å². The minimum absolute atomic E-state index is 0.0890. The number of para-hydroxylation sites is 1. The van der Waals surface area contributed by atoms with E-state index < -0.39 is 10.0 Å². The topological polar surface area (TPSA) is 110 Å². The van der Waals surface area contributed by atoms with Crippen LogP contribution in [0.4, 0.5) is 5.13 Å². The van der Waals surface area contributed by atoms with E-state index in [1.807, 2.05) is 31.2 Å². The first-order valence-electron chi connectivity index (χ1n) is 6.67. The molecular formula is C13H16N4O4S2. The summed E-state index contributed by atoms with van der Waals surface area (Å²) in [6, 6.07) is 7.46. The summed E-state index contributed by atoms with van der Waals surface area (Å²) in [5, 5.41) is 9.67. The molecule has 23 heavy (non-hydrogen) atoms. The zero-order valence-electron chi connectivity index (χ0n) is 12.6. The molecule has 2 aromatic rings. The third-order valence-electron chi connectivity index (χ3n) is 2.66. The first-order valence-corrected chi connectivity index (χ1v) is 8.97. The SMILES string of the molecule is CC(=O)Nc1nnc(S(=O)(=O)NCCOc2ccccc2C)s1. The summed E-state index contributed by atoms with van der Waals surface area (Å²) in [5.74, 6) is 0.361. The van der Waals surface area contributed by atoms with Crippen molar-refractivity contribution >= 4 is 32.4 Å². The van der Waals surface area contributed by atoms with Crippen LogP contribution in [0.5, 0.6) is 5.75 Å². The first kappa shape index (κ1) is 17.3. The van der Waals surface area contributed by atoms with E-state index in [1.165, 1.54) is 6.92 Å². The van der Waals surface area contributed by atoms with Gasteiger partial charge in [-0.1, -0.05) is 29.5 Å². The molecule has 0 spiro atoms. The van der Waals surface area contributed by atoms with Gasteiger partial charge in [0.15, 0.2) is 0 Å². The highest BCUT2D eigenvalue weighted by molar-refractivity contribution is 7.91. The second-order valence-corrected chi connectivity index (χ2v) is 7.48. The molecule has 0 fully saturated rings. The lowest BCUT2D eigenvalue weighted by Crippen LogP contribution is -2.28. The van der Waals surface area contributed by atoms with E-state index in [2.05, 4.69) is 20.2 Å². The van der Waals surface area contributed by atoms with Crippen LogP contribution in [0.2, 0.25) is 0 Å². The third-order valence-corrected chi connectivity index (χ3v) is 5.33. The Labute approximate surface area is 137 Å². The molecule has 0 aliphatic carbocycles. The highest BCUT2D eigenvalue weighted by atomic mass is 32.2. The molecule has 1 heterocycles. The summed E-state index contributed by atoms with van der Waals surface area (Å²) in [7, 11) is -3.78. The van der Waals surface area contributed by atoms with Gasteiger partial charge in [0.2, 0.25) is 15.4 Å². The zero-order valence-corrected chi connectivity index (χ0v) is 14.2. The van der Waals surface area contributed by atoms with Crippen molar-refractivity contribution < 1.29 is 17.9 Å². The van der Waals surface area contributed by atoms with Gasteiger partial charge in [0.25, 0.3) is 10.0 Å². The monoisotopic (exact) mass is 356 g/mol. The molecule has 2 rings (SSSR count). The maximum atomic E-state index is 12.0. The average Bonchev–Trinajstić information content (AvgIpc) is 2.94. The molecular weight excluding hydrogens is 340 g/mol. The summed E-state index contributed by atoms with van der Waals surface area (Å²) in [4.78, 5) is 10.9. The Bertz CT molecular complexity index is 789. The van der Waals surface area contributed by atoms with Crippen LogP contribution in [0.3, 0.4) is 0 Å². The van der Waals surface area contributed by atoms with E-state index in [0.717, 1.165) is 16.9 Å². The number of anilines is 1. The smallest absolute Gasteiger partial charge is 0.269 e. The van der Waals surface area contributed by atoms with Crippen LogP contribution >= 0.6 is 11.3 Å². The van der Waals surface area contributed by atoms with Gasteiger partial charge in [-0.3, -0.25) is 4.79 Å². The molecule has 0 aliphatic heterocycles. The molecule has 8 nitrogen and oxygen atoms in total. The Morgan fingerprint density at radius 1 is 1.30 bits per heavy atom. The quantitative estimate of drug-likeness (QED) is 0.569. The van der Waals surface area contributed by atoms with Crippen molar-refractivity contribution in [1.82, 2.24) is 14.9 Å². The van der Waals surface area contributed by atoms with Crippen LogP contribution in [-0.4, -0.2) is 37.7 Å². The Morgan fingerprint density at radius 3 is 2.74 bits per heavy atom. The van der Waals surface area contributed by atoms with Gasteiger partial charge in [0.1, 0.15) is 12.4 Å². The zero-order chi connectivity index (χ0) is 16.9. The lowest BCUT2D eigenvalue weighted by Gasteiger charge is -2.09. The van der Waals surface area contributed by atoms with Gasteiger partial charge in [-0.15, -0.1) is 10.2 Å². The van der Waals surface area contributed by atoms with Crippen LogP contribution in [0, 0.1) is 6.92 Å². The Morgan fingerprint density at radius 2 is 2.04 bits per heavy atom. The highest BCUT2D eigenvalue weighted by Crippen LogP contribution is 2.19. The molecule has 1 amide bonds. The summed E-state index contributed by atoms with van der Waals surface area (Å²) in [6.45, 7) is 3.48. The molecule has 0 bridgehead atoms. The van der Waals surface area contributed by atoms with Gasteiger partial charge in [-0.25, -0.2) is 13.1 Å². The number of hydrogen-bond donors (Lipinski definition) is 2. The third kappa shape index (κ3) is 4.98. The van der Waals surface area contributed by atoms with Gasteiger partial charge < -0.3 is 10.1 Å². The van der Waals surface area contributed by atoms with Gasteiger partial charge >= 0.3 is 0 Å². The fourth-order valence-corrected chi connectivity index (χ4v) is 3.64. The van der Waals surface area contributed by atoms with Crippen molar-refractivity contribution in [2.24, 2.45) is 0 Å². The van der Waals surface area contributed by atoms with Crippen molar-refractivity contribution in [1.29, 1.82) is 0 Å². The maximum absolute atomic E-state index is 12.0. The first-order chi connectivity index (χ1) is 10.9. The number of hydrogen-bond acceptors (Lipinski definition) is 7. The van der Waals surface area contributed by atoms with E-state index >= 15 is 0 Å². The summed E-state index contributed by atoms with van der Waals surface area (Å²) in [5.41, 5.74) is 0.972. The number of sulfonamides is 1. The largest absolute Gasteiger partial charge is 0.492 e. The molecule has 2 N–H and O–H groups in total. The molecule has 10 heteroatoms. The molecule has 1 aromatic carbocycles. The molecule has 124 valence electrons. The Hall–Kier alpha value is -2.04. The average molecular weight is 356 g/mol. The summed E-state index contributed by atoms with van der Waals surface area (Å²) in [6.07, 6.45) is 0. The second-order valence-electron chi connectivity index (χ2n) is 4.57. The van der Waals surface area contributed by atoms with Crippen LogP contribution in [-0.2, 0) is 14.8 Å². The fourth-order valence-electron chi connectivity index (χ4n) is 1.64.